The summed E-state index contributed by atoms with van der Waals surface area (Å²) >= 11 is 0. The third-order valence-corrected chi connectivity index (χ3v) is 5.54. The first-order chi connectivity index (χ1) is 13.3. The summed E-state index contributed by atoms with van der Waals surface area (Å²) in [5, 5.41) is 0. The molecule has 1 fully saturated rings. The lowest BCUT2D eigenvalue weighted by Gasteiger charge is -2.27. The van der Waals surface area contributed by atoms with Gasteiger partial charge in [0, 0.05) is 18.9 Å². The second-order valence-electron chi connectivity index (χ2n) is 7.23. The summed E-state index contributed by atoms with van der Waals surface area (Å²) in [6.45, 7) is 0.856. The molecule has 0 N–H and O–H groups in total. The first-order valence-electron chi connectivity index (χ1n) is 9.77. The Morgan fingerprint density at radius 3 is 1.89 bits per heavy atom. The van der Waals surface area contributed by atoms with Crippen molar-refractivity contribution in [1.82, 2.24) is 4.90 Å². The standard InChI is InChI=1S/C25H25NO/c27-25(26-18-10-17-24(26)22-15-8-3-9-16-22)19-23(20-11-4-1-5-12-20)21-13-6-2-7-14-21/h1-9,11-16,23-24H,10,17-19H2/t24-/m1/s1. The van der Waals surface area contributed by atoms with E-state index in [1.165, 1.54) is 16.7 Å². The van der Waals surface area contributed by atoms with Crippen molar-refractivity contribution in [3.05, 3.63) is 108 Å². The molecule has 0 aliphatic carbocycles. The molecule has 2 heteroatoms. The smallest absolute Gasteiger partial charge is 0.224 e. The maximum Gasteiger partial charge on any atom is 0.224 e. The molecular formula is C25H25NO. The number of carbonyl (C=O) groups is 1. The fraction of sp³-hybridized carbons (Fsp3) is 0.240. The number of amides is 1. The Morgan fingerprint density at radius 1 is 0.815 bits per heavy atom. The third-order valence-electron chi connectivity index (χ3n) is 5.54. The predicted molar refractivity (Wildman–Crippen MR) is 109 cm³/mol. The van der Waals surface area contributed by atoms with Crippen LogP contribution in [0.2, 0.25) is 0 Å². The van der Waals surface area contributed by atoms with Crippen LogP contribution in [0.15, 0.2) is 91.0 Å². The van der Waals surface area contributed by atoms with E-state index in [1.807, 2.05) is 18.2 Å². The summed E-state index contributed by atoms with van der Waals surface area (Å²) in [6, 6.07) is 31.4. The molecule has 136 valence electrons. The molecule has 1 atom stereocenters. The minimum atomic E-state index is 0.0944. The lowest BCUT2D eigenvalue weighted by Crippen LogP contribution is -2.31. The number of carbonyl (C=O) groups excluding carboxylic acids is 1. The van der Waals surface area contributed by atoms with Gasteiger partial charge in [-0.2, -0.15) is 0 Å². The van der Waals surface area contributed by atoms with E-state index in [2.05, 4.69) is 77.7 Å². The summed E-state index contributed by atoms with van der Waals surface area (Å²) < 4.78 is 0. The highest BCUT2D eigenvalue weighted by Crippen LogP contribution is 2.35. The first-order valence-corrected chi connectivity index (χ1v) is 9.77. The average Bonchev–Trinajstić information content (AvgIpc) is 3.24. The van der Waals surface area contributed by atoms with Crippen molar-refractivity contribution in [1.29, 1.82) is 0 Å². The minimum Gasteiger partial charge on any atom is -0.336 e. The van der Waals surface area contributed by atoms with Gasteiger partial charge < -0.3 is 4.90 Å². The third kappa shape index (κ3) is 3.95. The van der Waals surface area contributed by atoms with Crippen LogP contribution in [-0.2, 0) is 4.79 Å². The molecule has 1 aliphatic heterocycles. The maximum atomic E-state index is 13.3. The van der Waals surface area contributed by atoms with Gasteiger partial charge in [0.15, 0.2) is 0 Å². The Balaban J connectivity index is 1.58. The van der Waals surface area contributed by atoms with Crippen molar-refractivity contribution in [3.63, 3.8) is 0 Å². The van der Waals surface area contributed by atoms with Gasteiger partial charge in [-0.1, -0.05) is 91.0 Å². The Morgan fingerprint density at radius 2 is 1.33 bits per heavy atom. The van der Waals surface area contributed by atoms with Gasteiger partial charge in [-0.25, -0.2) is 0 Å². The lowest BCUT2D eigenvalue weighted by atomic mass is 9.88. The van der Waals surface area contributed by atoms with Gasteiger partial charge in [0.25, 0.3) is 0 Å². The molecule has 0 bridgehead atoms. The molecule has 1 saturated heterocycles. The van der Waals surface area contributed by atoms with Crippen LogP contribution >= 0.6 is 0 Å². The predicted octanol–water partition coefficient (Wildman–Crippen LogP) is 5.57. The van der Waals surface area contributed by atoms with Gasteiger partial charge in [-0.3, -0.25) is 4.79 Å². The summed E-state index contributed by atoms with van der Waals surface area (Å²) in [4.78, 5) is 15.4. The molecule has 0 saturated carbocycles. The van der Waals surface area contributed by atoms with E-state index in [0.29, 0.717) is 6.42 Å². The molecule has 1 aliphatic rings. The highest BCUT2D eigenvalue weighted by Gasteiger charge is 2.31. The van der Waals surface area contributed by atoms with Crippen molar-refractivity contribution in [2.45, 2.75) is 31.2 Å². The van der Waals surface area contributed by atoms with Crippen LogP contribution in [0, 0.1) is 0 Å². The van der Waals surface area contributed by atoms with Gasteiger partial charge in [0.1, 0.15) is 0 Å². The molecule has 3 aromatic carbocycles. The Bertz CT molecular complexity index is 821. The summed E-state index contributed by atoms with van der Waals surface area (Å²) in [5.41, 5.74) is 3.65. The van der Waals surface area contributed by atoms with E-state index in [0.717, 1.165) is 19.4 Å². The molecular weight excluding hydrogens is 330 g/mol. The molecule has 0 radical (unpaired) electrons. The maximum absolute atomic E-state index is 13.3. The van der Waals surface area contributed by atoms with E-state index in [4.69, 9.17) is 0 Å². The van der Waals surface area contributed by atoms with Crippen molar-refractivity contribution >= 4 is 5.91 Å². The monoisotopic (exact) mass is 355 g/mol. The summed E-state index contributed by atoms with van der Waals surface area (Å²) in [5.74, 6) is 0.344. The van der Waals surface area contributed by atoms with Crippen molar-refractivity contribution in [2.24, 2.45) is 0 Å². The average molecular weight is 355 g/mol. The van der Waals surface area contributed by atoms with Gasteiger partial charge in [0.05, 0.1) is 6.04 Å². The van der Waals surface area contributed by atoms with Crippen LogP contribution in [0.1, 0.15) is 47.9 Å². The van der Waals surface area contributed by atoms with Gasteiger partial charge in [-0.05, 0) is 29.5 Å². The quantitative estimate of drug-likeness (QED) is 0.586. The van der Waals surface area contributed by atoms with Gasteiger partial charge in [0.2, 0.25) is 5.91 Å². The number of nitrogens with zero attached hydrogens (tertiary/aromatic N) is 1. The van der Waals surface area contributed by atoms with Gasteiger partial charge >= 0.3 is 0 Å². The first kappa shape index (κ1) is 17.5. The largest absolute Gasteiger partial charge is 0.336 e. The number of benzene rings is 3. The fourth-order valence-electron chi connectivity index (χ4n) is 4.18. The Labute approximate surface area is 161 Å². The van der Waals surface area contributed by atoms with Crippen LogP contribution in [-0.4, -0.2) is 17.4 Å². The molecule has 27 heavy (non-hydrogen) atoms. The van der Waals surface area contributed by atoms with Crippen LogP contribution < -0.4 is 0 Å². The highest BCUT2D eigenvalue weighted by molar-refractivity contribution is 5.78. The molecule has 2 nitrogen and oxygen atoms in total. The van der Waals surface area contributed by atoms with E-state index in [9.17, 15) is 4.79 Å². The zero-order valence-corrected chi connectivity index (χ0v) is 15.5. The zero-order chi connectivity index (χ0) is 18.5. The fourth-order valence-corrected chi connectivity index (χ4v) is 4.18. The van der Waals surface area contributed by atoms with E-state index >= 15 is 0 Å². The number of hydrogen-bond acceptors (Lipinski definition) is 1. The molecule has 4 rings (SSSR count). The van der Waals surface area contributed by atoms with Crippen molar-refractivity contribution in [3.8, 4) is 0 Å². The molecule has 0 spiro atoms. The van der Waals surface area contributed by atoms with Crippen LogP contribution in [0.25, 0.3) is 0 Å². The Hall–Kier alpha value is -2.87. The topological polar surface area (TPSA) is 20.3 Å². The Kier molecular flexibility index (Phi) is 5.34. The number of likely N-dealkylation sites (tertiary alicyclic amines) is 1. The molecule has 0 unspecified atom stereocenters. The molecule has 0 aromatic heterocycles. The second kappa shape index (κ2) is 8.22. The summed E-state index contributed by atoms with van der Waals surface area (Å²) in [6.07, 6.45) is 2.64. The van der Waals surface area contributed by atoms with Crippen molar-refractivity contribution < 1.29 is 4.79 Å². The minimum absolute atomic E-state index is 0.0944. The SMILES string of the molecule is O=C(CC(c1ccccc1)c1ccccc1)N1CCC[C@@H]1c1ccccc1. The van der Waals surface area contributed by atoms with E-state index in [1.54, 1.807) is 0 Å². The van der Waals surface area contributed by atoms with Crippen LogP contribution in [0.4, 0.5) is 0 Å². The number of hydrogen-bond donors (Lipinski definition) is 0. The molecule has 3 aromatic rings. The van der Waals surface area contributed by atoms with Crippen LogP contribution in [0.3, 0.4) is 0 Å². The molecule has 1 amide bonds. The molecule has 1 heterocycles. The second-order valence-corrected chi connectivity index (χ2v) is 7.23. The van der Waals surface area contributed by atoms with Crippen molar-refractivity contribution in [2.75, 3.05) is 6.54 Å². The normalized spacial score (nSPS) is 16.6. The highest BCUT2D eigenvalue weighted by atomic mass is 16.2. The van der Waals surface area contributed by atoms with E-state index in [-0.39, 0.29) is 17.9 Å². The van der Waals surface area contributed by atoms with Gasteiger partial charge in [-0.15, -0.1) is 0 Å². The van der Waals surface area contributed by atoms with E-state index < -0.39 is 0 Å². The summed E-state index contributed by atoms with van der Waals surface area (Å²) in [7, 11) is 0. The van der Waals surface area contributed by atoms with Crippen LogP contribution in [0.5, 0.6) is 0 Å². The lowest BCUT2D eigenvalue weighted by molar-refractivity contribution is -0.132. The number of rotatable bonds is 5. The zero-order valence-electron chi connectivity index (χ0n) is 15.5.